The molecule has 3 aliphatic heterocycles. The number of ether oxygens (including phenoxy) is 1. The molecule has 5 aromatic rings. The number of nitrogens with zero attached hydrogens (tertiary/aromatic N) is 5. The molecule has 2 aromatic carbocycles. The Morgan fingerprint density at radius 3 is 2.41 bits per heavy atom. The molecule has 2 amide bonds. The van der Waals surface area contributed by atoms with Crippen LogP contribution in [0.1, 0.15) is 128 Å². The van der Waals surface area contributed by atoms with Crippen molar-refractivity contribution in [3.8, 4) is 22.7 Å². The number of hydrogen-bond donors (Lipinski definition) is 2. The van der Waals surface area contributed by atoms with Crippen LogP contribution in [0, 0.1) is 6.92 Å². The van der Waals surface area contributed by atoms with Gasteiger partial charge in [-0.25, -0.2) is 17.8 Å². The third-order valence-corrected chi connectivity index (χ3v) is 14.8. The van der Waals surface area contributed by atoms with Crippen LogP contribution in [0.15, 0.2) is 61.1 Å². The topological polar surface area (TPSA) is 149 Å². The molecule has 1 saturated carbocycles. The van der Waals surface area contributed by atoms with E-state index in [4.69, 9.17) is 9.84 Å². The fourth-order valence-corrected chi connectivity index (χ4v) is 10.9. The number of carbonyl (C=O) groups is 2. The normalized spacial score (nSPS) is 21.9. The molecule has 13 heteroatoms. The number of pyridine rings is 1. The standard InChI is InChI=1S/C46H52N6O6S/c1-27(2)59(56,57)49-44(53)30-11-15-37-40(21-30)50-26-32(19-31-20-35(58-5)14-16-36(31)43(50)41(37)29-9-7-6-8-10-29)42-38(25-48-52(42)39-17-18-47-24-28(39)3)45(54)51-33-12-13-34(51)23-46(4,55)22-33/h11,14-21,24-25,27,29,33-34,55H,6-10,12-13,22-23,26H2,1-5H3,(H,49,53). The molecule has 1 aliphatic carbocycles. The van der Waals surface area contributed by atoms with E-state index in [1.807, 2.05) is 53.8 Å². The largest absolute Gasteiger partial charge is 0.497 e. The Hall–Kier alpha value is -5.27. The Balaban J connectivity index is 1.28. The molecule has 2 bridgehead atoms. The van der Waals surface area contributed by atoms with E-state index in [1.54, 1.807) is 45.6 Å². The molecular formula is C46H52N6O6S. The zero-order valence-electron chi connectivity index (χ0n) is 34.4. The van der Waals surface area contributed by atoms with Crippen molar-refractivity contribution in [2.75, 3.05) is 7.11 Å². The fraction of sp³-hybridized carbons (Fsp3) is 0.435. The van der Waals surface area contributed by atoms with Crippen molar-refractivity contribution in [1.29, 1.82) is 0 Å². The van der Waals surface area contributed by atoms with Crippen LogP contribution in [0.2, 0.25) is 0 Å². The van der Waals surface area contributed by atoms with Crippen LogP contribution in [-0.2, 0) is 16.6 Å². The first-order valence-electron chi connectivity index (χ1n) is 20.9. The highest BCUT2D eigenvalue weighted by Crippen LogP contribution is 2.49. The fourth-order valence-electron chi connectivity index (χ4n) is 10.3. The number of benzene rings is 2. The SMILES string of the molecule is COc1ccc2c(c1)C=C(c1c(C(=O)N3C4CCC3CC(C)(O)C4)cnn1-c1ccncc1C)Cn1c-2c(C2CCCCC2)c2ccc(C(=O)NS(=O)(=O)C(C)C)cc21. The molecule has 2 saturated heterocycles. The van der Waals surface area contributed by atoms with E-state index in [0.29, 0.717) is 36.4 Å². The van der Waals surface area contributed by atoms with Gasteiger partial charge in [0.15, 0.2) is 0 Å². The molecule has 9 rings (SSSR count). The first-order chi connectivity index (χ1) is 28.2. The zero-order chi connectivity index (χ0) is 41.4. The van der Waals surface area contributed by atoms with Gasteiger partial charge in [-0.1, -0.05) is 25.3 Å². The second-order valence-electron chi connectivity index (χ2n) is 17.5. The highest BCUT2D eigenvalue weighted by Gasteiger charge is 2.48. The van der Waals surface area contributed by atoms with E-state index in [0.717, 1.165) is 83.1 Å². The summed E-state index contributed by atoms with van der Waals surface area (Å²) in [6, 6.07) is 13.4. The molecule has 308 valence electrons. The monoisotopic (exact) mass is 816 g/mol. The summed E-state index contributed by atoms with van der Waals surface area (Å²) in [6.45, 7) is 7.25. The predicted octanol–water partition coefficient (Wildman–Crippen LogP) is 7.79. The summed E-state index contributed by atoms with van der Waals surface area (Å²) in [5.41, 5.74) is 8.04. The van der Waals surface area contributed by atoms with Crippen molar-refractivity contribution in [2.45, 2.75) is 121 Å². The zero-order valence-corrected chi connectivity index (χ0v) is 35.2. The van der Waals surface area contributed by atoms with Crippen LogP contribution in [0.4, 0.5) is 0 Å². The lowest BCUT2D eigenvalue weighted by atomic mass is 9.81. The number of aliphatic hydroxyl groups is 1. The van der Waals surface area contributed by atoms with Gasteiger partial charge in [0.25, 0.3) is 11.8 Å². The minimum Gasteiger partial charge on any atom is -0.497 e. The Bertz CT molecular complexity index is 2630. The Morgan fingerprint density at radius 1 is 0.966 bits per heavy atom. The number of allylic oxidation sites excluding steroid dienone is 1. The Morgan fingerprint density at radius 2 is 1.71 bits per heavy atom. The molecule has 2 atom stereocenters. The van der Waals surface area contributed by atoms with Gasteiger partial charge in [0.2, 0.25) is 10.0 Å². The first-order valence-corrected chi connectivity index (χ1v) is 22.4. The third-order valence-electron chi connectivity index (χ3n) is 13.1. The van der Waals surface area contributed by atoms with Crippen LogP contribution in [0.3, 0.4) is 0 Å². The lowest BCUT2D eigenvalue weighted by molar-refractivity contribution is -0.0300. The Kier molecular flexibility index (Phi) is 9.82. The van der Waals surface area contributed by atoms with Crippen LogP contribution >= 0.6 is 0 Å². The van der Waals surface area contributed by atoms with Gasteiger partial charge in [-0.15, -0.1) is 0 Å². The van der Waals surface area contributed by atoms with Crippen LogP contribution in [-0.4, -0.2) is 79.6 Å². The van der Waals surface area contributed by atoms with Gasteiger partial charge in [-0.2, -0.15) is 5.10 Å². The molecule has 3 aromatic heterocycles. The van der Waals surface area contributed by atoms with E-state index >= 15 is 4.79 Å². The summed E-state index contributed by atoms with van der Waals surface area (Å²) in [5.74, 6) is 0.177. The van der Waals surface area contributed by atoms with E-state index in [-0.39, 0.29) is 29.5 Å². The van der Waals surface area contributed by atoms with E-state index in [1.165, 1.54) is 12.0 Å². The summed E-state index contributed by atoms with van der Waals surface area (Å²) in [4.78, 5) is 35.1. The van der Waals surface area contributed by atoms with Crippen molar-refractivity contribution in [1.82, 2.24) is 29.0 Å². The summed E-state index contributed by atoms with van der Waals surface area (Å²) in [6.07, 6.45) is 15.6. The van der Waals surface area contributed by atoms with Crippen molar-refractivity contribution < 1.29 is 27.9 Å². The van der Waals surface area contributed by atoms with E-state index < -0.39 is 26.8 Å². The van der Waals surface area contributed by atoms with Gasteiger partial charge < -0.3 is 19.3 Å². The number of amides is 2. The number of aromatic nitrogens is 4. The lowest BCUT2D eigenvalue weighted by Gasteiger charge is -2.42. The molecular weight excluding hydrogens is 765 g/mol. The van der Waals surface area contributed by atoms with Crippen molar-refractivity contribution in [3.63, 3.8) is 0 Å². The number of piperidine rings is 1. The van der Waals surface area contributed by atoms with Crippen molar-refractivity contribution in [2.24, 2.45) is 0 Å². The number of rotatable bonds is 8. The Labute approximate surface area is 345 Å². The van der Waals surface area contributed by atoms with Gasteiger partial charge in [-0.05, 0) is 137 Å². The highest BCUT2D eigenvalue weighted by atomic mass is 32.2. The predicted molar refractivity (Wildman–Crippen MR) is 228 cm³/mol. The minimum atomic E-state index is -3.88. The summed E-state index contributed by atoms with van der Waals surface area (Å²) in [7, 11) is -2.22. The number of sulfonamides is 1. The molecule has 6 heterocycles. The van der Waals surface area contributed by atoms with Crippen LogP contribution in [0.5, 0.6) is 5.75 Å². The van der Waals surface area contributed by atoms with Crippen LogP contribution < -0.4 is 9.46 Å². The van der Waals surface area contributed by atoms with E-state index in [9.17, 15) is 18.3 Å². The van der Waals surface area contributed by atoms with Crippen molar-refractivity contribution >= 4 is 44.4 Å². The van der Waals surface area contributed by atoms with Gasteiger partial charge in [0, 0.05) is 46.5 Å². The number of carbonyl (C=O) groups excluding carboxylic acids is 2. The number of methoxy groups -OCH3 is 1. The van der Waals surface area contributed by atoms with Crippen molar-refractivity contribution in [3.05, 3.63) is 94.6 Å². The lowest BCUT2D eigenvalue weighted by Crippen LogP contribution is -2.52. The van der Waals surface area contributed by atoms with Gasteiger partial charge >= 0.3 is 0 Å². The van der Waals surface area contributed by atoms with Gasteiger partial charge in [0.05, 0.1) is 53.3 Å². The molecule has 4 aliphatic rings. The number of fused-ring (bicyclic) bond motifs is 7. The smallest absolute Gasteiger partial charge is 0.264 e. The number of nitrogens with one attached hydrogen (secondary N) is 1. The maximum atomic E-state index is 15.1. The second-order valence-corrected chi connectivity index (χ2v) is 19.8. The molecule has 12 nitrogen and oxygen atoms in total. The minimum absolute atomic E-state index is 0.0784. The maximum Gasteiger partial charge on any atom is 0.264 e. The van der Waals surface area contributed by atoms with Gasteiger partial charge in [-0.3, -0.25) is 14.6 Å². The second kappa shape index (κ2) is 14.8. The average Bonchev–Trinajstić information content (AvgIpc) is 3.84. The van der Waals surface area contributed by atoms with E-state index in [2.05, 4.69) is 26.4 Å². The molecule has 59 heavy (non-hydrogen) atoms. The summed E-state index contributed by atoms with van der Waals surface area (Å²) >= 11 is 0. The summed E-state index contributed by atoms with van der Waals surface area (Å²) < 4.78 is 37.9. The molecule has 3 fully saturated rings. The summed E-state index contributed by atoms with van der Waals surface area (Å²) in [5, 5.41) is 16.3. The molecule has 0 spiro atoms. The molecule has 2 unspecified atom stereocenters. The van der Waals surface area contributed by atoms with Gasteiger partial charge in [0.1, 0.15) is 5.75 Å². The average molecular weight is 817 g/mol. The molecule has 2 N–H and O–H groups in total. The number of hydrogen-bond acceptors (Lipinski definition) is 8. The third kappa shape index (κ3) is 6.85. The highest BCUT2D eigenvalue weighted by molar-refractivity contribution is 7.90. The quantitative estimate of drug-likeness (QED) is 0.161. The maximum absolute atomic E-state index is 15.1. The number of aryl methyl sites for hydroxylation is 1. The first kappa shape index (κ1) is 39.2. The molecule has 0 radical (unpaired) electrons. The van der Waals surface area contributed by atoms with Crippen LogP contribution in [0.25, 0.3) is 39.5 Å².